The number of pyridine rings is 1. The third-order valence-electron chi connectivity index (χ3n) is 4.19. The molecule has 1 saturated heterocycles. The molecule has 21 heavy (non-hydrogen) atoms. The van der Waals surface area contributed by atoms with Gasteiger partial charge in [-0.15, -0.1) is 0 Å². The van der Waals surface area contributed by atoms with E-state index in [1.165, 1.54) is 0 Å². The minimum absolute atomic E-state index is 0.0528. The van der Waals surface area contributed by atoms with E-state index in [2.05, 4.69) is 28.9 Å². The molecule has 5 heteroatoms. The van der Waals surface area contributed by atoms with E-state index in [4.69, 9.17) is 4.74 Å². The van der Waals surface area contributed by atoms with Crippen molar-refractivity contribution in [2.75, 3.05) is 45.7 Å². The Morgan fingerprint density at radius 2 is 2.05 bits per heavy atom. The van der Waals surface area contributed by atoms with Crippen molar-refractivity contribution in [3.63, 3.8) is 0 Å². The molecule has 1 aromatic heterocycles. The fourth-order valence-corrected chi connectivity index (χ4v) is 2.93. The quantitative estimate of drug-likeness (QED) is 0.775. The van der Waals surface area contributed by atoms with Crippen molar-refractivity contribution in [3.8, 4) is 0 Å². The maximum absolute atomic E-state index is 11.3. The first-order valence-electron chi connectivity index (χ1n) is 7.38. The molecular formula is C16H25N3O2. The number of anilines is 1. The summed E-state index contributed by atoms with van der Waals surface area (Å²) in [6, 6.07) is 3.78. The Bertz CT molecular complexity index is 477. The van der Waals surface area contributed by atoms with Crippen LogP contribution in [0.2, 0.25) is 0 Å². The highest BCUT2D eigenvalue weighted by molar-refractivity contribution is 5.93. The van der Waals surface area contributed by atoms with Crippen molar-refractivity contribution in [1.82, 2.24) is 9.88 Å². The molecule has 0 aromatic carbocycles. The van der Waals surface area contributed by atoms with E-state index in [-0.39, 0.29) is 11.4 Å². The minimum atomic E-state index is -0.0562. The van der Waals surface area contributed by atoms with Gasteiger partial charge in [0.2, 0.25) is 0 Å². The van der Waals surface area contributed by atoms with Crippen molar-refractivity contribution in [3.05, 3.63) is 23.9 Å². The smallest absolute Gasteiger partial charge is 0.161 e. The summed E-state index contributed by atoms with van der Waals surface area (Å²) >= 11 is 0. The summed E-state index contributed by atoms with van der Waals surface area (Å²) in [4.78, 5) is 20.1. The summed E-state index contributed by atoms with van der Waals surface area (Å²) in [5.41, 5.74) is 0.605. The monoisotopic (exact) mass is 291 g/mol. The molecule has 0 saturated carbocycles. The SMILES string of the molecule is COC1(CN(C)C)CCN(c2ccc(C(C)=O)cn2)CC1. The Morgan fingerprint density at radius 1 is 1.38 bits per heavy atom. The lowest BCUT2D eigenvalue weighted by Crippen LogP contribution is -2.51. The van der Waals surface area contributed by atoms with E-state index >= 15 is 0 Å². The van der Waals surface area contributed by atoms with Gasteiger partial charge in [-0.1, -0.05) is 0 Å². The van der Waals surface area contributed by atoms with Crippen LogP contribution in [0.4, 0.5) is 5.82 Å². The van der Waals surface area contributed by atoms with E-state index in [1.807, 2.05) is 12.1 Å². The minimum Gasteiger partial charge on any atom is -0.377 e. The largest absolute Gasteiger partial charge is 0.377 e. The second-order valence-corrected chi connectivity index (χ2v) is 6.07. The molecule has 2 heterocycles. The van der Waals surface area contributed by atoms with E-state index < -0.39 is 0 Å². The van der Waals surface area contributed by atoms with Crippen molar-refractivity contribution < 1.29 is 9.53 Å². The molecule has 2 rings (SSSR count). The van der Waals surface area contributed by atoms with Gasteiger partial charge in [0.1, 0.15) is 5.82 Å². The molecule has 0 unspecified atom stereocenters. The van der Waals surface area contributed by atoms with Crippen LogP contribution in [-0.4, -0.2) is 62.1 Å². The third-order valence-corrected chi connectivity index (χ3v) is 4.19. The molecular weight excluding hydrogens is 266 g/mol. The van der Waals surface area contributed by atoms with Crippen molar-refractivity contribution in [2.24, 2.45) is 0 Å². The molecule has 0 aliphatic carbocycles. The number of ketones is 1. The number of Topliss-reactive ketones (excluding diaryl/α,β-unsaturated/α-hetero) is 1. The average Bonchev–Trinajstić information content (AvgIpc) is 2.47. The topological polar surface area (TPSA) is 45.7 Å². The molecule has 0 spiro atoms. The van der Waals surface area contributed by atoms with Gasteiger partial charge in [0.15, 0.2) is 5.78 Å². The second kappa shape index (κ2) is 6.54. The standard InChI is InChI=1S/C16H25N3O2/c1-13(20)14-5-6-15(17-11-14)19-9-7-16(21-4,8-10-19)12-18(2)3/h5-6,11H,7-10,12H2,1-4H3. The number of likely N-dealkylation sites (N-methyl/N-ethyl adjacent to an activating group) is 1. The lowest BCUT2D eigenvalue weighted by molar-refractivity contribution is -0.0455. The summed E-state index contributed by atoms with van der Waals surface area (Å²) < 4.78 is 5.79. The highest BCUT2D eigenvalue weighted by atomic mass is 16.5. The van der Waals surface area contributed by atoms with Crippen LogP contribution in [-0.2, 0) is 4.74 Å². The predicted molar refractivity (Wildman–Crippen MR) is 84.0 cm³/mol. The van der Waals surface area contributed by atoms with Crippen molar-refractivity contribution in [1.29, 1.82) is 0 Å². The summed E-state index contributed by atoms with van der Waals surface area (Å²) in [5.74, 6) is 0.992. The van der Waals surface area contributed by atoms with Crippen LogP contribution < -0.4 is 4.90 Å². The van der Waals surface area contributed by atoms with Crippen LogP contribution >= 0.6 is 0 Å². The summed E-state index contributed by atoms with van der Waals surface area (Å²) in [5, 5.41) is 0. The number of carbonyl (C=O) groups excluding carboxylic acids is 1. The molecule has 1 aliphatic rings. The van der Waals surface area contributed by atoms with Crippen LogP contribution in [0, 0.1) is 0 Å². The van der Waals surface area contributed by atoms with Crippen LogP contribution in [0.3, 0.4) is 0 Å². The fourth-order valence-electron chi connectivity index (χ4n) is 2.93. The number of nitrogens with zero attached hydrogens (tertiary/aromatic N) is 3. The zero-order valence-electron chi connectivity index (χ0n) is 13.4. The van der Waals surface area contributed by atoms with Gasteiger partial charge in [-0.25, -0.2) is 4.98 Å². The second-order valence-electron chi connectivity index (χ2n) is 6.07. The number of carbonyl (C=O) groups is 1. The Morgan fingerprint density at radius 3 is 2.48 bits per heavy atom. The number of aromatic nitrogens is 1. The summed E-state index contributed by atoms with van der Waals surface area (Å²) in [7, 11) is 5.96. The third kappa shape index (κ3) is 3.80. The number of hydrogen-bond acceptors (Lipinski definition) is 5. The number of ether oxygens (including phenoxy) is 1. The van der Waals surface area contributed by atoms with Gasteiger partial charge in [0.05, 0.1) is 5.60 Å². The van der Waals surface area contributed by atoms with E-state index in [9.17, 15) is 4.79 Å². The predicted octanol–water partition coefficient (Wildman–Crippen LogP) is 1.83. The van der Waals surface area contributed by atoms with Crippen LogP contribution in [0.1, 0.15) is 30.1 Å². The first kappa shape index (κ1) is 15.9. The summed E-state index contributed by atoms with van der Waals surface area (Å²) in [6.07, 6.45) is 3.63. The lowest BCUT2D eigenvalue weighted by Gasteiger charge is -2.42. The molecule has 0 radical (unpaired) electrons. The van der Waals surface area contributed by atoms with Gasteiger partial charge in [-0.2, -0.15) is 0 Å². The van der Waals surface area contributed by atoms with E-state index in [1.54, 1.807) is 20.2 Å². The molecule has 5 nitrogen and oxygen atoms in total. The zero-order chi connectivity index (χ0) is 15.5. The van der Waals surface area contributed by atoms with E-state index in [0.29, 0.717) is 5.56 Å². The van der Waals surface area contributed by atoms with Crippen molar-refractivity contribution >= 4 is 11.6 Å². The van der Waals surface area contributed by atoms with Crippen molar-refractivity contribution in [2.45, 2.75) is 25.4 Å². The molecule has 0 bridgehead atoms. The number of piperidine rings is 1. The lowest BCUT2D eigenvalue weighted by atomic mass is 9.90. The van der Waals surface area contributed by atoms with Crippen LogP contribution in [0.15, 0.2) is 18.3 Å². The Kier molecular flexibility index (Phi) is 4.96. The Labute approximate surface area is 126 Å². The highest BCUT2D eigenvalue weighted by Gasteiger charge is 2.35. The first-order valence-corrected chi connectivity index (χ1v) is 7.38. The fraction of sp³-hybridized carbons (Fsp3) is 0.625. The van der Waals surface area contributed by atoms with Gasteiger partial charge in [0.25, 0.3) is 0 Å². The first-order chi connectivity index (χ1) is 9.96. The number of methoxy groups -OCH3 is 1. The highest BCUT2D eigenvalue weighted by Crippen LogP contribution is 2.28. The summed E-state index contributed by atoms with van der Waals surface area (Å²) in [6.45, 7) is 4.35. The van der Waals surface area contributed by atoms with Gasteiger partial charge < -0.3 is 14.5 Å². The number of hydrogen-bond donors (Lipinski definition) is 0. The van der Waals surface area contributed by atoms with Crippen LogP contribution in [0.25, 0.3) is 0 Å². The molecule has 1 fully saturated rings. The molecule has 116 valence electrons. The molecule has 0 amide bonds. The molecule has 1 aliphatic heterocycles. The maximum Gasteiger partial charge on any atom is 0.161 e. The maximum atomic E-state index is 11.3. The van der Waals surface area contributed by atoms with Gasteiger partial charge in [-0.05, 0) is 46.0 Å². The Balaban J connectivity index is 2.01. The zero-order valence-corrected chi connectivity index (χ0v) is 13.4. The van der Waals surface area contributed by atoms with Gasteiger partial charge in [-0.3, -0.25) is 4.79 Å². The average molecular weight is 291 g/mol. The molecule has 1 aromatic rings. The Hall–Kier alpha value is -1.46. The van der Waals surface area contributed by atoms with Gasteiger partial charge in [0, 0.05) is 38.5 Å². The van der Waals surface area contributed by atoms with Crippen LogP contribution in [0.5, 0.6) is 0 Å². The van der Waals surface area contributed by atoms with E-state index in [0.717, 1.165) is 38.3 Å². The molecule has 0 atom stereocenters. The normalized spacial score (nSPS) is 18.0. The number of rotatable bonds is 5. The van der Waals surface area contributed by atoms with Gasteiger partial charge >= 0.3 is 0 Å². The molecule has 0 N–H and O–H groups in total.